The minimum atomic E-state index is -0.240. The van der Waals surface area contributed by atoms with Gasteiger partial charge in [-0.2, -0.15) is 0 Å². The predicted octanol–water partition coefficient (Wildman–Crippen LogP) is 3.05. The van der Waals surface area contributed by atoms with Gasteiger partial charge < -0.3 is 16.0 Å². The minimum absolute atomic E-state index is 0.240. The normalized spacial score (nSPS) is 10.7. The summed E-state index contributed by atoms with van der Waals surface area (Å²) in [5.74, 6) is 0.208. The molecule has 20 heavy (non-hydrogen) atoms. The van der Waals surface area contributed by atoms with E-state index >= 15 is 0 Å². The molecule has 3 rings (SSSR count). The van der Waals surface area contributed by atoms with E-state index in [1.165, 1.54) is 6.20 Å². The Morgan fingerprint density at radius 2 is 2.15 bits per heavy atom. The fourth-order valence-electron chi connectivity index (χ4n) is 1.97. The van der Waals surface area contributed by atoms with Gasteiger partial charge in [-0.15, -0.1) is 0 Å². The van der Waals surface area contributed by atoms with E-state index < -0.39 is 0 Å². The molecule has 6 heteroatoms. The number of H-pyrrole nitrogens is 1. The van der Waals surface area contributed by atoms with E-state index in [1.807, 2.05) is 6.07 Å². The number of nitrogens with two attached hydrogens (primary N) is 1. The second kappa shape index (κ2) is 4.86. The second-order valence-corrected chi connectivity index (χ2v) is 4.76. The van der Waals surface area contributed by atoms with E-state index in [4.69, 9.17) is 17.3 Å². The fourth-order valence-corrected chi connectivity index (χ4v) is 2.08. The molecule has 2 heterocycles. The number of pyridine rings is 1. The molecule has 1 amide bonds. The van der Waals surface area contributed by atoms with E-state index in [9.17, 15) is 4.79 Å². The van der Waals surface area contributed by atoms with Crippen LogP contribution < -0.4 is 11.1 Å². The third-order valence-corrected chi connectivity index (χ3v) is 3.14. The quantitative estimate of drug-likeness (QED) is 0.633. The van der Waals surface area contributed by atoms with Crippen LogP contribution in [-0.2, 0) is 0 Å². The molecule has 0 atom stereocenters. The maximum atomic E-state index is 12.2. The van der Waals surface area contributed by atoms with Gasteiger partial charge in [-0.1, -0.05) is 11.6 Å². The molecule has 0 radical (unpaired) electrons. The van der Waals surface area contributed by atoms with Crippen LogP contribution in [0.25, 0.3) is 10.9 Å². The highest BCUT2D eigenvalue weighted by Gasteiger charge is 2.12. The molecule has 3 aromatic rings. The van der Waals surface area contributed by atoms with Crippen LogP contribution in [-0.4, -0.2) is 15.9 Å². The zero-order valence-electron chi connectivity index (χ0n) is 10.4. The third-order valence-electron chi connectivity index (χ3n) is 2.92. The summed E-state index contributed by atoms with van der Waals surface area (Å²) in [6.07, 6.45) is 3.13. The molecule has 0 aliphatic carbocycles. The number of nitrogen functional groups attached to an aromatic ring is 1. The standard InChI is InChI=1S/C14H11ClN4O/c15-8-1-4-13(18-6-8)19-14(20)11-7-17-12-5-9(16)2-3-10(11)12/h1-7,17H,16H2,(H,18,19,20). The van der Waals surface area contributed by atoms with Gasteiger partial charge >= 0.3 is 0 Å². The van der Waals surface area contributed by atoms with Gasteiger partial charge in [-0.25, -0.2) is 4.98 Å². The predicted molar refractivity (Wildman–Crippen MR) is 79.9 cm³/mol. The molecule has 0 bridgehead atoms. The van der Waals surface area contributed by atoms with Crippen LogP contribution in [0.1, 0.15) is 10.4 Å². The Morgan fingerprint density at radius 1 is 1.30 bits per heavy atom. The second-order valence-electron chi connectivity index (χ2n) is 4.32. The lowest BCUT2D eigenvalue weighted by molar-refractivity contribution is 0.102. The van der Waals surface area contributed by atoms with Crippen LogP contribution in [0.4, 0.5) is 11.5 Å². The number of amides is 1. The molecule has 0 aliphatic rings. The summed E-state index contributed by atoms with van der Waals surface area (Å²) in [6, 6.07) is 8.67. The summed E-state index contributed by atoms with van der Waals surface area (Å²) in [7, 11) is 0. The van der Waals surface area contributed by atoms with Crippen molar-refractivity contribution in [2.24, 2.45) is 0 Å². The molecule has 4 N–H and O–H groups in total. The Bertz CT molecular complexity index is 779. The highest BCUT2D eigenvalue weighted by molar-refractivity contribution is 6.30. The molecule has 0 unspecified atom stereocenters. The van der Waals surface area contributed by atoms with E-state index in [0.29, 0.717) is 22.1 Å². The van der Waals surface area contributed by atoms with Crippen LogP contribution in [0.3, 0.4) is 0 Å². The number of aromatic amines is 1. The number of carbonyl (C=O) groups is 1. The van der Waals surface area contributed by atoms with Crippen molar-refractivity contribution in [1.82, 2.24) is 9.97 Å². The maximum Gasteiger partial charge on any atom is 0.258 e. The average molecular weight is 287 g/mol. The number of carbonyl (C=O) groups excluding carboxylic acids is 1. The molecule has 5 nitrogen and oxygen atoms in total. The number of halogens is 1. The molecule has 1 aromatic carbocycles. The number of anilines is 2. The van der Waals surface area contributed by atoms with Gasteiger partial charge in [0, 0.05) is 29.0 Å². The highest BCUT2D eigenvalue weighted by Crippen LogP contribution is 2.21. The molecule has 2 aromatic heterocycles. The number of nitrogens with one attached hydrogen (secondary N) is 2. The van der Waals surface area contributed by atoms with Gasteiger partial charge in [-0.05, 0) is 30.3 Å². The lowest BCUT2D eigenvalue weighted by Gasteiger charge is -2.03. The van der Waals surface area contributed by atoms with Crippen LogP contribution in [0.15, 0.2) is 42.7 Å². The van der Waals surface area contributed by atoms with Crippen LogP contribution in [0, 0.1) is 0 Å². The van der Waals surface area contributed by atoms with Gasteiger partial charge in [0.2, 0.25) is 0 Å². The molecule has 0 saturated carbocycles. The lowest BCUT2D eigenvalue weighted by atomic mass is 10.1. The topological polar surface area (TPSA) is 83.8 Å². The number of hydrogen-bond donors (Lipinski definition) is 3. The summed E-state index contributed by atoms with van der Waals surface area (Å²) in [5.41, 5.74) is 7.71. The van der Waals surface area contributed by atoms with E-state index in [2.05, 4.69) is 15.3 Å². The Hall–Kier alpha value is -2.53. The smallest absolute Gasteiger partial charge is 0.258 e. The van der Waals surface area contributed by atoms with Crippen LogP contribution in [0.5, 0.6) is 0 Å². The van der Waals surface area contributed by atoms with Crippen molar-refractivity contribution >= 4 is 39.9 Å². The first-order valence-corrected chi connectivity index (χ1v) is 6.31. The summed E-state index contributed by atoms with van der Waals surface area (Å²) in [4.78, 5) is 19.3. The maximum absolute atomic E-state index is 12.2. The van der Waals surface area contributed by atoms with Crippen molar-refractivity contribution in [1.29, 1.82) is 0 Å². The number of benzene rings is 1. The number of aromatic nitrogens is 2. The van der Waals surface area contributed by atoms with E-state index in [1.54, 1.807) is 30.5 Å². The molecule has 0 saturated heterocycles. The number of hydrogen-bond acceptors (Lipinski definition) is 3. The van der Waals surface area contributed by atoms with Crippen molar-refractivity contribution in [3.05, 3.63) is 53.3 Å². The Kier molecular flexibility index (Phi) is 3.04. The molecule has 100 valence electrons. The molecular weight excluding hydrogens is 276 g/mol. The summed E-state index contributed by atoms with van der Waals surface area (Å²) >= 11 is 5.75. The van der Waals surface area contributed by atoms with Crippen molar-refractivity contribution in [3.8, 4) is 0 Å². The SMILES string of the molecule is Nc1ccc2c(C(=O)Nc3ccc(Cl)cn3)c[nH]c2c1. The van der Waals surface area contributed by atoms with E-state index in [0.717, 1.165) is 10.9 Å². The van der Waals surface area contributed by atoms with Gasteiger partial charge in [0.25, 0.3) is 5.91 Å². The molecule has 0 fully saturated rings. The summed E-state index contributed by atoms with van der Waals surface area (Å²) in [6.45, 7) is 0. The zero-order valence-corrected chi connectivity index (χ0v) is 11.1. The largest absolute Gasteiger partial charge is 0.399 e. The van der Waals surface area contributed by atoms with Gasteiger partial charge in [-0.3, -0.25) is 4.79 Å². The first-order chi connectivity index (χ1) is 9.63. The lowest BCUT2D eigenvalue weighted by Crippen LogP contribution is -2.12. The molecular formula is C14H11ClN4O. The average Bonchev–Trinajstić information content (AvgIpc) is 2.84. The number of fused-ring (bicyclic) bond motifs is 1. The fraction of sp³-hybridized carbons (Fsp3) is 0. The summed E-state index contributed by atoms with van der Waals surface area (Å²) in [5, 5.41) is 4.05. The molecule has 0 aliphatic heterocycles. The van der Waals surface area contributed by atoms with Crippen molar-refractivity contribution in [3.63, 3.8) is 0 Å². The third kappa shape index (κ3) is 2.31. The van der Waals surface area contributed by atoms with Gasteiger partial charge in [0.05, 0.1) is 10.6 Å². The summed E-state index contributed by atoms with van der Waals surface area (Å²) < 4.78 is 0. The first-order valence-electron chi connectivity index (χ1n) is 5.93. The van der Waals surface area contributed by atoms with Crippen LogP contribution in [0.2, 0.25) is 5.02 Å². The molecule has 0 spiro atoms. The van der Waals surface area contributed by atoms with Crippen LogP contribution >= 0.6 is 11.6 Å². The van der Waals surface area contributed by atoms with Crippen molar-refractivity contribution < 1.29 is 4.79 Å². The Morgan fingerprint density at radius 3 is 2.90 bits per heavy atom. The van der Waals surface area contributed by atoms with Gasteiger partial charge in [0.1, 0.15) is 5.82 Å². The van der Waals surface area contributed by atoms with Crippen molar-refractivity contribution in [2.45, 2.75) is 0 Å². The highest BCUT2D eigenvalue weighted by atomic mass is 35.5. The first kappa shape index (κ1) is 12.5. The Balaban J connectivity index is 1.91. The number of nitrogens with zero attached hydrogens (tertiary/aromatic N) is 1. The Labute approximate surface area is 119 Å². The van der Waals surface area contributed by atoms with E-state index in [-0.39, 0.29) is 5.91 Å². The number of rotatable bonds is 2. The van der Waals surface area contributed by atoms with Crippen molar-refractivity contribution in [2.75, 3.05) is 11.1 Å². The minimum Gasteiger partial charge on any atom is -0.399 e. The zero-order chi connectivity index (χ0) is 14.1. The van der Waals surface area contributed by atoms with Gasteiger partial charge in [0.15, 0.2) is 0 Å². The monoisotopic (exact) mass is 286 g/mol.